The van der Waals surface area contributed by atoms with Crippen molar-refractivity contribution in [2.24, 2.45) is 0 Å². The average Bonchev–Trinajstić information content (AvgIpc) is 2.53. The van der Waals surface area contributed by atoms with Crippen LogP contribution in [-0.2, 0) is 0 Å². The van der Waals surface area contributed by atoms with Crippen LogP contribution in [0.3, 0.4) is 0 Å². The van der Waals surface area contributed by atoms with E-state index >= 15 is 0 Å². The summed E-state index contributed by atoms with van der Waals surface area (Å²) in [7, 11) is 0. The molecule has 0 radical (unpaired) electrons. The Morgan fingerprint density at radius 2 is 2.15 bits per heavy atom. The highest BCUT2D eigenvalue weighted by molar-refractivity contribution is 7.13. The van der Waals surface area contributed by atoms with Gasteiger partial charge in [0.25, 0.3) is 0 Å². The molecular weight excluding hydrogens is 180 g/mol. The second-order valence-corrected chi connectivity index (χ2v) is 3.83. The van der Waals surface area contributed by atoms with Crippen LogP contribution >= 0.6 is 11.3 Å². The maximum Gasteiger partial charge on any atom is 0.0806 e. The van der Waals surface area contributed by atoms with Crippen molar-refractivity contribution in [1.82, 2.24) is 4.98 Å². The number of hydrogen-bond acceptors (Lipinski definition) is 3. The van der Waals surface area contributed by atoms with Gasteiger partial charge in [0.1, 0.15) is 0 Å². The van der Waals surface area contributed by atoms with Gasteiger partial charge in [0.2, 0.25) is 0 Å². The Bertz CT molecular complexity index is 403. The van der Waals surface area contributed by atoms with Gasteiger partial charge in [-0.05, 0) is 36.1 Å². The molecular formula is C10H10N2S. The van der Waals surface area contributed by atoms with E-state index in [1.165, 1.54) is 10.4 Å². The smallest absolute Gasteiger partial charge is 0.0806 e. The maximum atomic E-state index is 5.56. The Morgan fingerprint density at radius 1 is 1.31 bits per heavy atom. The summed E-state index contributed by atoms with van der Waals surface area (Å²) in [5.74, 6) is 0. The quantitative estimate of drug-likeness (QED) is 0.751. The van der Waals surface area contributed by atoms with Crippen LogP contribution in [0.25, 0.3) is 10.6 Å². The van der Waals surface area contributed by atoms with Crippen LogP contribution < -0.4 is 5.73 Å². The molecule has 2 aromatic heterocycles. The van der Waals surface area contributed by atoms with Crippen LogP contribution in [-0.4, -0.2) is 4.98 Å². The van der Waals surface area contributed by atoms with Crippen molar-refractivity contribution < 1.29 is 0 Å². The molecule has 2 heterocycles. The third-order valence-electron chi connectivity index (χ3n) is 1.88. The molecule has 0 fully saturated rings. The number of pyridine rings is 1. The van der Waals surface area contributed by atoms with Crippen LogP contribution in [0, 0.1) is 6.92 Å². The molecule has 0 bridgehead atoms. The molecule has 66 valence electrons. The molecule has 0 amide bonds. The molecule has 2 N–H and O–H groups in total. The molecule has 0 aliphatic carbocycles. The Balaban J connectivity index is 2.47. The first-order valence-electron chi connectivity index (χ1n) is 4.03. The molecule has 0 aliphatic rings. The number of nitrogens with two attached hydrogens (primary N) is 1. The summed E-state index contributed by atoms with van der Waals surface area (Å²) >= 11 is 1.71. The number of hydrogen-bond donors (Lipinski definition) is 1. The Morgan fingerprint density at radius 3 is 2.69 bits per heavy atom. The van der Waals surface area contributed by atoms with E-state index in [4.69, 9.17) is 5.73 Å². The van der Waals surface area contributed by atoms with Crippen molar-refractivity contribution in [3.8, 4) is 10.6 Å². The minimum absolute atomic E-state index is 0.706. The zero-order chi connectivity index (χ0) is 9.26. The third-order valence-corrected chi connectivity index (χ3v) is 2.92. The Kier molecular flexibility index (Phi) is 2.02. The van der Waals surface area contributed by atoms with E-state index in [0.717, 1.165) is 5.69 Å². The molecule has 0 saturated heterocycles. The minimum atomic E-state index is 0.706. The zero-order valence-corrected chi connectivity index (χ0v) is 8.14. The van der Waals surface area contributed by atoms with Crippen molar-refractivity contribution in [2.75, 3.05) is 5.73 Å². The van der Waals surface area contributed by atoms with E-state index in [2.05, 4.69) is 23.4 Å². The van der Waals surface area contributed by atoms with Gasteiger partial charge in [-0.25, -0.2) is 0 Å². The summed E-state index contributed by atoms with van der Waals surface area (Å²) in [6.45, 7) is 2.09. The molecule has 0 saturated carbocycles. The molecule has 2 aromatic rings. The fourth-order valence-corrected chi connectivity index (χ4v) is 2.08. The fraction of sp³-hybridized carbons (Fsp3) is 0.100. The first-order chi connectivity index (χ1) is 6.27. The van der Waals surface area contributed by atoms with Crippen LogP contribution in [0.2, 0.25) is 0 Å². The molecule has 2 rings (SSSR count). The second kappa shape index (κ2) is 3.18. The van der Waals surface area contributed by atoms with Gasteiger partial charge in [0.15, 0.2) is 0 Å². The molecule has 0 spiro atoms. The monoisotopic (exact) mass is 190 g/mol. The number of nitrogens with zero attached hydrogens (tertiary/aromatic N) is 1. The average molecular weight is 190 g/mol. The highest BCUT2D eigenvalue weighted by atomic mass is 32.1. The first-order valence-corrected chi connectivity index (χ1v) is 4.91. The van der Waals surface area contributed by atoms with Gasteiger partial charge in [0, 0.05) is 0 Å². The van der Waals surface area contributed by atoms with Crippen molar-refractivity contribution in [3.05, 3.63) is 35.3 Å². The van der Waals surface area contributed by atoms with Gasteiger partial charge < -0.3 is 5.73 Å². The predicted octanol–water partition coefficient (Wildman–Crippen LogP) is 2.70. The molecule has 2 nitrogen and oxygen atoms in total. The number of thiophene rings is 1. The van der Waals surface area contributed by atoms with Crippen LogP contribution in [0.1, 0.15) is 5.56 Å². The summed E-state index contributed by atoms with van der Waals surface area (Å²) in [4.78, 5) is 5.49. The molecule has 0 aromatic carbocycles. The van der Waals surface area contributed by atoms with Gasteiger partial charge in [-0.2, -0.15) is 0 Å². The second-order valence-electron chi connectivity index (χ2n) is 2.91. The first kappa shape index (κ1) is 8.26. The summed E-state index contributed by atoms with van der Waals surface area (Å²) in [6.07, 6.45) is 1.69. The van der Waals surface area contributed by atoms with E-state index in [1.54, 1.807) is 17.5 Å². The van der Waals surface area contributed by atoms with E-state index in [0.29, 0.717) is 5.69 Å². The van der Waals surface area contributed by atoms with Crippen molar-refractivity contribution >= 4 is 17.0 Å². The van der Waals surface area contributed by atoms with Gasteiger partial charge >= 0.3 is 0 Å². The lowest BCUT2D eigenvalue weighted by molar-refractivity contribution is 1.33. The van der Waals surface area contributed by atoms with Crippen LogP contribution in [0.15, 0.2) is 29.8 Å². The largest absolute Gasteiger partial charge is 0.397 e. The van der Waals surface area contributed by atoms with E-state index in [-0.39, 0.29) is 0 Å². The maximum absolute atomic E-state index is 5.56. The van der Waals surface area contributed by atoms with E-state index < -0.39 is 0 Å². The zero-order valence-electron chi connectivity index (χ0n) is 7.32. The van der Waals surface area contributed by atoms with E-state index in [1.807, 2.05) is 12.1 Å². The SMILES string of the molecule is Cc1ccsc1-c1ccc(N)cn1. The molecule has 0 atom stereocenters. The lowest BCUT2D eigenvalue weighted by atomic mass is 10.2. The summed E-state index contributed by atoms with van der Waals surface area (Å²) in [5, 5.41) is 2.07. The summed E-state index contributed by atoms with van der Waals surface area (Å²) in [5.41, 5.74) is 8.53. The van der Waals surface area contributed by atoms with E-state index in [9.17, 15) is 0 Å². The van der Waals surface area contributed by atoms with Crippen molar-refractivity contribution in [2.45, 2.75) is 6.92 Å². The number of aryl methyl sites for hydroxylation is 1. The van der Waals surface area contributed by atoms with Crippen LogP contribution in [0.4, 0.5) is 5.69 Å². The fourth-order valence-electron chi connectivity index (χ4n) is 1.17. The molecule has 3 heteroatoms. The minimum Gasteiger partial charge on any atom is -0.397 e. The number of anilines is 1. The summed E-state index contributed by atoms with van der Waals surface area (Å²) < 4.78 is 0. The summed E-state index contributed by atoms with van der Waals surface area (Å²) in [6, 6.07) is 5.92. The van der Waals surface area contributed by atoms with Crippen molar-refractivity contribution in [1.29, 1.82) is 0 Å². The van der Waals surface area contributed by atoms with Gasteiger partial charge in [0.05, 0.1) is 22.5 Å². The highest BCUT2D eigenvalue weighted by Crippen LogP contribution is 2.27. The number of nitrogen functional groups attached to an aromatic ring is 1. The lowest BCUT2D eigenvalue weighted by Crippen LogP contribution is -1.87. The van der Waals surface area contributed by atoms with Gasteiger partial charge in [-0.1, -0.05) is 0 Å². The standard InChI is InChI=1S/C10H10N2S/c1-7-4-5-13-10(7)9-3-2-8(11)6-12-9/h2-6H,11H2,1H3. The number of aromatic nitrogens is 1. The number of rotatable bonds is 1. The third kappa shape index (κ3) is 1.55. The normalized spacial score (nSPS) is 10.2. The highest BCUT2D eigenvalue weighted by Gasteiger charge is 2.03. The van der Waals surface area contributed by atoms with Gasteiger partial charge in [-0.3, -0.25) is 4.98 Å². The molecule has 0 aliphatic heterocycles. The Hall–Kier alpha value is -1.35. The lowest BCUT2D eigenvalue weighted by Gasteiger charge is -1.98. The topological polar surface area (TPSA) is 38.9 Å². The molecule has 13 heavy (non-hydrogen) atoms. The molecule has 0 unspecified atom stereocenters. The van der Waals surface area contributed by atoms with Crippen LogP contribution in [0.5, 0.6) is 0 Å². The predicted molar refractivity (Wildman–Crippen MR) is 56.7 cm³/mol. The van der Waals surface area contributed by atoms with Gasteiger partial charge in [-0.15, -0.1) is 11.3 Å². The van der Waals surface area contributed by atoms with Crippen molar-refractivity contribution in [3.63, 3.8) is 0 Å². The Labute approximate surface area is 81.1 Å².